The van der Waals surface area contributed by atoms with Crippen LogP contribution in [0.4, 0.5) is 0 Å². The molecule has 0 unspecified atom stereocenters. The van der Waals surface area contributed by atoms with E-state index in [9.17, 15) is 0 Å². The minimum atomic E-state index is 0.234. The molecular weight excluding hydrogens is 294 g/mol. The number of ether oxygens (including phenoxy) is 2. The molecule has 3 heterocycles. The van der Waals surface area contributed by atoms with Gasteiger partial charge in [0, 0.05) is 45.0 Å². The summed E-state index contributed by atoms with van der Waals surface area (Å²) in [5.41, 5.74) is 2.45. The fourth-order valence-corrected chi connectivity index (χ4v) is 3.26. The Hall–Kier alpha value is -1.63. The molecule has 2 aromatic heterocycles. The fourth-order valence-electron chi connectivity index (χ4n) is 3.26. The van der Waals surface area contributed by atoms with Gasteiger partial charge in [-0.15, -0.1) is 0 Å². The first-order chi connectivity index (χ1) is 11.3. The van der Waals surface area contributed by atoms with Crippen molar-refractivity contribution in [1.82, 2.24) is 14.7 Å². The average Bonchev–Trinajstić information content (AvgIpc) is 3.26. The molecule has 126 valence electrons. The van der Waals surface area contributed by atoms with Gasteiger partial charge in [-0.25, -0.2) is 0 Å². The molecule has 6 heteroatoms. The Kier molecular flexibility index (Phi) is 5.48. The molecule has 0 aliphatic carbocycles. The van der Waals surface area contributed by atoms with Crippen molar-refractivity contribution in [2.45, 2.75) is 31.5 Å². The Balaban J connectivity index is 1.67. The zero-order valence-electron chi connectivity index (χ0n) is 13.9. The highest BCUT2D eigenvalue weighted by atomic mass is 16.5. The predicted octanol–water partition coefficient (Wildman–Crippen LogP) is 1.86. The first-order valence-corrected chi connectivity index (χ1v) is 8.09. The van der Waals surface area contributed by atoms with E-state index in [4.69, 9.17) is 13.9 Å². The third-order valence-corrected chi connectivity index (χ3v) is 4.39. The number of hydrogen-bond donors (Lipinski definition) is 0. The van der Waals surface area contributed by atoms with Crippen LogP contribution in [0, 0.1) is 0 Å². The highest BCUT2D eigenvalue weighted by molar-refractivity contribution is 5.11. The summed E-state index contributed by atoms with van der Waals surface area (Å²) in [6, 6.07) is 2.38. The zero-order chi connectivity index (χ0) is 16.1. The second-order valence-corrected chi connectivity index (χ2v) is 6.09. The number of aromatic nitrogens is 2. The summed E-state index contributed by atoms with van der Waals surface area (Å²) in [4.78, 5) is 2.48. The molecule has 1 aliphatic rings. The number of aryl methyl sites for hydroxylation is 1. The molecule has 0 aromatic carbocycles. The van der Waals surface area contributed by atoms with E-state index in [-0.39, 0.29) is 6.10 Å². The molecule has 0 N–H and O–H groups in total. The normalized spacial score (nSPS) is 22.0. The van der Waals surface area contributed by atoms with Crippen molar-refractivity contribution >= 4 is 0 Å². The molecule has 6 nitrogen and oxygen atoms in total. The first-order valence-electron chi connectivity index (χ1n) is 8.09. The van der Waals surface area contributed by atoms with Gasteiger partial charge in [-0.1, -0.05) is 0 Å². The molecule has 1 saturated heterocycles. The van der Waals surface area contributed by atoms with Crippen LogP contribution < -0.4 is 0 Å². The van der Waals surface area contributed by atoms with Gasteiger partial charge in [0.25, 0.3) is 0 Å². The molecule has 23 heavy (non-hydrogen) atoms. The van der Waals surface area contributed by atoms with E-state index in [1.54, 1.807) is 13.4 Å². The summed E-state index contributed by atoms with van der Waals surface area (Å²) in [6.07, 6.45) is 9.81. The van der Waals surface area contributed by atoms with Gasteiger partial charge in [-0.3, -0.25) is 9.58 Å². The lowest BCUT2D eigenvalue weighted by molar-refractivity contribution is -0.00132. The van der Waals surface area contributed by atoms with Crippen molar-refractivity contribution in [1.29, 1.82) is 0 Å². The molecule has 0 spiro atoms. The largest absolute Gasteiger partial charge is 0.472 e. The maximum absolute atomic E-state index is 6.07. The summed E-state index contributed by atoms with van der Waals surface area (Å²) < 4.78 is 18.2. The summed E-state index contributed by atoms with van der Waals surface area (Å²) in [5.74, 6) is 0. The molecule has 1 aliphatic heterocycles. The van der Waals surface area contributed by atoms with Crippen molar-refractivity contribution in [3.05, 3.63) is 42.1 Å². The van der Waals surface area contributed by atoms with Gasteiger partial charge < -0.3 is 13.9 Å². The lowest BCUT2D eigenvalue weighted by Crippen LogP contribution is -2.38. The van der Waals surface area contributed by atoms with Crippen molar-refractivity contribution < 1.29 is 13.9 Å². The van der Waals surface area contributed by atoms with Crippen LogP contribution in [0.2, 0.25) is 0 Å². The van der Waals surface area contributed by atoms with Gasteiger partial charge in [0.15, 0.2) is 0 Å². The molecule has 2 atom stereocenters. The monoisotopic (exact) mass is 319 g/mol. The lowest BCUT2D eigenvalue weighted by atomic mass is 10.0. The third kappa shape index (κ3) is 4.22. The van der Waals surface area contributed by atoms with Gasteiger partial charge in [0.1, 0.15) is 0 Å². The topological polar surface area (TPSA) is 52.7 Å². The highest BCUT2D eigenvalue weighted by Gasteiger charge is 2.35. The second kappa shape index (κ2) is 7.77. The smallest absolute Gasteiger partial charge is 0.0947 e. The molecule has 0 amide bonds. The first kappa shape index (κ1) is 16.2. The van der Waals surface area contributed by atoms with Crippen LogP contribution in [0.1, 0.15) is 17.5 Å². The molecule has 0 bridgehead atoms. The lowest BCUT2D eigenvalue weighted by Gasteiger charge is -2.27. The van der Waals surface area contributed by atoms with Crippen LogP contribution in [-0.4, -0.2) is 53.7 Å². The maximum atomic E-state index is 6.07. The third-order valence-electron chi connectivity index (χ3n) is 4.39. The van der Waals surface area contributed by atoms with E-state index >= 15 is 0 Å². The van der Waals surface area contributed by atoms with Crippen LogP contribution in [0.15, 0.2) is 35.4 Å². The molecular formula is C17H25N3O3. The Bertz CT molecular complexity index is 582. The molecule has 3 rings (SSSR count). The van der Waals surface area contributed by atoms with Crippen molar-refractivity contribution in [3.8, 4) is 0 Å². The average molecular weight is 319 g/mol. The van der Waals surface area contributed by atoms with Crippen LogP contribution in [0.25, 0.3) is 0 Å². The van der Waals surface area contributed by atoms with E-state index < -0.39 is 0 Å². The summed E-state index contributed by atoms with van der Waals surface area (Å²) in [5, 5.41) is 4.28. The van der Waals surface area contributed by atoms with Gasteiger partial charge >= 0.3 is 0 Å². The van der Waals surface area contributed by atoms with E-state index in [0.29, 0.717) is 19.3 Å². The van der Waals surface area contributed by atoms with E-state index in [1.807, 2.05) is 30.3 Å². The molecule has 0 radical (unpaired) electrons. The van der Waals surface area contributed by atoms with E-state index in [0.717, 1.165) is 25.9 Å². The van der Waals surface area contributed by atoms with Crippen molar-refractivity contribution in [3.63, 3.8) is 0 Å². The van der Waals surface area contributed by atoms with Crippen LogP contribution in [0.3, 0.4) is 0 Å². The maximum Gasteiger partial charge on any atom is 0.0947 e. The van der Waals surface area contributed by atoms with Crippen LogP contribution in [-0.2, 0) is 29.5 Å². The van der Waals surface area contributed by atoms with Crippen LogP contribution >= 0.6 is 0 Å². The molecule has 1 fully saturated rings. The predicted molar refractivity (Wildman–Crippen MR) is 86.1 cm³/mol. The van der Waals surface area contributed by atoms with Gasteiger partial charge in [-0.05, 0) is 24.5 Å². The Labute approximate surface area is 137 Å². The van der Waals surface area contributed by atoms with E-state index in [2.05, 4.69) is 16.2 Å². The Morgan fingerprint density at radius 3 is 2.96 bits per heavy atom. The standard InChI is InChI=1S/C17H25N3O3/c1-19-11-15(10-18-19)9-16-17(23-8-7-21-2)3-5-20(16)12-14-4-6-22-13-14/h4,6,10-11,13,16-17H,3,5,7-9,12H2,1-2H3/t16-,17-/m1/s1. The Morgan fingerprint density at radius 2 is 2.26 bits per heavy atom. The highest BCUT2D eigenvalue weighted by Crippen LogP contribution is 2.26. The quantitative estimate of drug-likeness (QED) is 0.695. The Morgan fingerprint density at radius 1 is 1.35 bits per heavy atom. The minimum Gasteiger partial charge on any atom is -0.472 e. The van der Waals surface area contributed by atoms with Crippen molar-refractivity contribution in [2.75, 3.05) is 26.9 Å². The fraction of sp³-hybridized carbons (Fsp3) is 0.588. The number of furan rings is 1. The zero-order valence-corrected chi connectivity index (χ0v) is 13.9. The van der Waals surface area contributed by atoms with Crippen LogP contribution in [0.5, 0.6) is 0 Å². The summed E-state index contributed by atoms with van der Waals surface area (Å²) in [6.45, 7) is 3.21. The minimum absolute atomic E-state index is 0.234. The van der Waals surface area contributed by atoms with E-state index in [1.165, 1.54) is 11.1 Å². The van der Waals surface area contributed by atoms with Gasteiger partial charge in [-0.2, -0.15) is 5.10 Å². The SMILES string of the molecule is COCCO[C@@H]1CCN(Cc2ccoc2)[C@@H]1Cc1cnn(C)c1. The summed E-state index contributed by atoms with van der Waals surface area (Å²) in [7, 11) is 3.66. The van der Waals surface area contributed by atoms with Gasteiger partial charge in [0.05, 0.1) is 38.0 Å². The second-order valence-electron chi connectivity index (χ2n) is 6.09. The summed E-state index contributed by atoms with van der Waals surface area (Å²) >= 11 is 0. The number of nitrogens with zero attached hydrogens (tertiary/aromatic N) is 3. The van der Waals surface area contributed by atoms with Gasteiger partial charge in [0.2, 0.25) is 0 Å². The van der Waals surface area contributed by atoms with Crippen molar-refractivity contribution in [2.24, 2.45) is 7.05 Å². The molecule has 2 aromatic rings. The molecule has 0 saturated carbocycles. The number of likely N-dealkylation sites (tertiary alicyclic amines) is 1. The number of methoxy groups -OCH3 is 1. The number of rotatable bonds is 8. The number of hydrogen-bond acceptors (Lipinski definition) is 5.